The second-order valence-electron chi connectivity index (χ2n) is 5.43. The van der Waals surface area contributed by atoms with E-state index in [4.69, 9.17) is 0 Å². The van der Waals surface area contributed by atoms with E-state index in [2.05, 4.69) is 9.88 Å². The lowest BCUT2D eigenvalue weighted by Gasteiger charge is -2.37. The molecule has 1 aromatic carbocycles. The van der Waals surface area contributed by atoms with Crippen LogP contribution in [0.25, 0.3) is 0 Å². The molecule has 1 fully saturated rings. The van der Waals surface area contributed by atoms with Crippen molar-refractivity contribution in [3.8, 4) is 0 Å². The summed E-state index contributed by atoms with van der Waals surface area (Å²) in [5.41, 5.74) is 1.18. The molecule has 0 amide bonds. The highest BCUT2D eigenvalue weighted by atomic mass is 16.6. The van der Waals surface area contributed by atoms with E-state index in [-0.39, 0.29) is 11.3 Å². The van der Waals surface area contributed by atoms with Crippen LogP contribution in [0.2, 0.25) is 0 Å². The lowest BCUT2D eigenvalue weighted by Crippen LogP contribution is -2.47. The van der Waals surface area contributed by atoms with Crippen molar-refractivity contribution in [3.63, 3.8) is 0 Å². The summed E-state index contributed by atoms with van der Waals surface area (Å²) in [5, 5.41) is 20.0. The molecule has 8 heteroatoms. The Morgan fingerprint density at radius 2 is 1.71 bits per heavy atom. The van der Waals surface area contributed by atoms with Gasteiger partial charge in [0.1, 0.15) is 11.4 Å². The third-order valence-corrected chi connectivity index (χ3v) is 4.02. The zero-order chi connectivity index (χ0) is 17.1. The number of rotatable bonds is 4. The van der Waals surface area contributed by atoms with Crippen molar-refractivity contribution in [1.29, 1.82) is 0 Å². The van der Waals surface area contributed by atoms with Crippen LogP contribution >= 0.6 is 0 Å². The summed E-state index contributed by atoms with van der Waals surface area (Å²) in [6.45, 7) is 2.64. The highest BCUT2D eigenvalue weighted by molar-refractivity contribution is 5.93. The maximum atomic E-state index is 11.3. The summed E-state index contributed by atoms with van der Waals surface area (Å²) in [5.74, 6) is -0.510. The molecule has 1 aliphatic heterocycles. The number of pyridine rings is 1. The van der Waals surface area contributed by atoms with Crippen molar-refractivity contribution < 1.29 is 14.8 Å². The zero-order valence-corrected chi connectivity index (χ0v) is 12.8. The van der Waals surface area contributed by atoms with Gasteiger partial charge in [-0.3, -0.25) is 10.1 Å². The highest BCUT2D eigenvalue weighted by Crippen LogP contribution is 2.23. The standard InChI is InChI=1S/C16H16N4O4/c21-16(22)14-2-1-7-17-15(14)19-10-8-18(9-11-19)12-3-5-13(6-4-12)20(23)24/h1-7H,8-11H2,(H,21,22). The predicted octanol–water partition coefficient (Wildman–Crippen LogP) is 2.01. The number of piperazine rings is 1. The Morgan fingerprint density at radius 3 is 2.29 bits per heavy atom. The minimum Gasteiger partial charge on any atom is -0.478 e. The lowest BCUT2D eigenvalue weighted by molar-refractivity contribution is -0.384. The van der Waals surface area contributed by atoms with E-state index in [1.165, 1.54) is 12.1 Å². The molecule has 124 valence electrons. The minimum atomic E-state index is -0.990. The quantitative estimate of drug-likeness (QED) is 0.677. The van der Waals surface area contributed by atoms with Crippen LogP contribution in [-0.2, 0) is 0 Å². The molecule has 0 bridgehead atoms. The van der Waals surface area contributed by atoms with Crippen molar-refractivity contribution in [3.05, 3.63) is 58.3 Å². The second kappa shape index (κ2) is 6.53. The van der Waals surface area contributed by atoms with Crippen molar-refractivity contribution in [1.82, 2.24) is 4.98 Å². The molecular formula is C16H16N4O4. The van der Waals surface area contributed by atoms with E-state index in [0.717, 1.165) is 5.69 Å². The van der Waals surface area contributed by atoms with Crippen LogP contribution in [0.4, 0.5) is 17.2 Å². The van der Waals surface area contributed by atoms with Crippen LogP contribution in [0, 0.1) is 10.1 Å². The fourth-order valence-electron chi connectivity index (χ4n) is 2.78. The van der Waals surface area contributed by atoms with Gasteiger partial charge >= 0.3 is 5.97 Å². The molecule has 1 aromatic heterocycles. The van der Waals surface area contributed by atoms with Gasteiger partial charge < -0.3 is 14.9 Å². The van der Waals surface area contributed by atoms with Crippen molar-refractivity contribution in [2.45, 2.75) is 0 Å². The molecule has 0 radical (unpaired) electrons. The fourth-order valence-corrected chi connectivity index (χ4v) is 2.78. The topological polar surface area (TPSA) is 99.8 Å². The van der Waals surface area contributed by atoms with Gasteiger partial charge in [0, 0.05) is 50.2 Å². The number of non-ortho nitro benzene ring substituents is 1. The average Bonchev–Trinajstić information content (AvgIpc) is 2.62. The molecule has 2 aromatic rings. The molecule has 0 saturated carbocycles. The van der Waals surface area contributed by atoms with Gasteiger partial charge in [-0.15, -0.1) is 0 Å². The molecular weight excluding hydrogens is 312 g/mol. The number of carbonyl (C=O) groups is 1. The summed E-state index contributed by atoms with van der Waals surface area (Å²) < 4.78 is 0. The second-order valence-corrected chi connectivity index (χ2v) is 5.43. The largest absolute Gasteiger partial charge is 0.478 e. The number of aromatic nitrogens is 1. The van der Waals surface area contributed by atoms with Crippen LogP contribution in [0.15, 0.2) is 42.6 Å². The monoisotopic (exact) mass is 328 g/mol. The Kier molecular flexibility index (Phi) is 4.28. The van der Waals surface area contributed by atoms with E-state index in [0.29, 0.717) is 32.0 Å². The van der Waals surface area contributed by atoms with Crippen LogP contribution in [0.5, 0.6) is 0 Å². The Labute approximate surface area is 138 Å². The molecule has 1 saturated heterocycles. The highest BCUT2D eigenvalue weighted by Gasteiger charge is 2.22. The molecule has 0 atom stereocenters. The maximum absolute atomic E-state index is 11.3. The number of hydrogen-bond donors (Lipinski definition) is 1. The number of anilines is 2. The summed E-state index contributed by atoms with van der Waals surface area (Å²) in [6, 6.07) is 9.61. The van der Waals surface area contributed by atoms with E-state index >= 15 is 0 Å². The van der Waals surface area contributed by atoms with E-state index < -0.39 is 10.9 Å². The van der Waals surface area contributed by atoms with Crippen molar-refractivity contribution in [2.75, 3.05) is 36.0 Å². The summed E-state index contributed by atoms with van der Waals surface area (Å²) >= 11 is 0. The Morgan fingerprint density at radius 1 is 1.08 bits per heavy atom. The first-order valence-corrected chi connectivity index (χ1v) is 7.49. The number of hydrogen-bond acceptors (Lipinski definition) is 6. The third kappa shape index (κ3) is 3.12. The van der Waals surface area contributed by atoms with Crippen LogP contribution in [0.3, 0.4) is 0 Å². The van der Waals surface area contributed by atoms with Crippen LogP contribution in [0.1, 0.15) is 10.4 Å². The predicted molar refractivity (Wildman–Crippen MR) is 88.7 cm³/mol. The summed E-state index contributed by atoms with van der Waals surface area (Å²) in [7, 11) is 0. The van der Waals surface area contributed by atoms with Gasteiger partial charge in [-0.1, -0.05) is 0 Å². The number of aromatic carboxylic acids is 1. The van der Waals surface area contributed by atoms with E-state index in [1.54, 1.807) is 30.5 Å². The van der Waals surface area contributed by atoms with Crippen molar-refractivity contribution in [2.24, 2.45) is 0 Å². The SMILES string of the molecule is O=C(O)c1cccnc1N1CCN(c2ccc([N+](=O)[O-])cc2)CC1. The minimum absolute atomic E-state index is 0.0666. The van der Waals surface area contributed by atoms with Gasteiger partial charge in [-0.2, -0.15) is 0 Å². The maximum Gasteiger partial charge on any atom is 0.339 e. The Hall–Kier alpha value is -3.16. The van der Waals surface area contributed by atoms with Gasteiger partial charge in [-0.25, -0.2) is 9.78 Å². The van der Waals surface area contributed by atoms with E-state index in [1.807, 2.05) is 4.90 Å². The normalized spacial score (nSPS) is 14.5. The molecule has 8 nitrogen and oxygen atoms in total. The molecule has 1 N–H and O–H groups in total. The third-order valence-electron chi connectivity index (χ3n) is 4.02. The Bertz CT molecular complexity index is 755. The number of carboxylic acids is 1. The van der Waals surface area contributed by atoms with Gasteiger partial charge in [-0.05, 0) is 24.3 Å². The van der Waals surface area contributed by atoms with Crippen LogP contribution in [-0.4, -0.2) is 47.2 Å². The average molecular weight is 328 g/mol. The number of nitrogens with zero attached hydrogens (tertiary/aromatic N) is 4. The number of benzene rings is 1. The molecule has 0 spiro atoms. The van der Waals surface area contributed by atoms with Crippen LogP contribution < -0.4 is 9.80 Å². The van der Waals surface area contributed by atoms with Gasteiger partial charge in [0.25, 0.3) is 5.69 Å². The summed E-state index contributed by atoms with van der Waals surface area (Å²) in [6.07, 6.45) is 1.59. The first-order chi connectivity index (χ1) is 11.6. The molecule has 3 rings (SSSR count). The van der Waals surface area contributed by atoms with Gasteiger partial charge in [0.2, 0.25) is 0 Å². The lowest BCUT2D eigenvalue weighted by atomic mass is 10.2. The van der Waals surface area contributed by atoms with Gasteiger partial charge in [0.05, 0.1) is 4.92 Å². The number of nitro groups is 1. The van der Waals surface area contributed by atoms with Gasteiger partial charge in [0.15, 0.2) is 0 Å². The smallest absolute Gasteiger partial charge is 0.339 e. The summed E-state index contributed by atoms with van der Waals surface area (Å²) in [4.78, 5) is 29.9. The molecule has 0 aliphatic carbocycles. The first-order valence-electron chi connectivity index (χ1n) is 7.49. The molecule has 1 aliphatic rings. The van der Waals surface area contributed by atoms with E-state index in [9.17, 15) is 20.0 Å². The zero-order valence-electron chi connectivity index (χ0n) is 12.8. The first kappa shape index (κ1) is 15.7. The number of carboxylic acid groups (broad SMARTS) is 1. The fraction of sp³-hybridized carbons (Fsp3) is 0.250. The van der Waals surface area contributed by atoms with Crippen molar-refractivity contribution >= 4 is 23.2 Å². The molecule has 0 unspecified atom stereocenters. The Balaban J connectivity index is 1.70. The molecule has 24 heavy (non-hydrogen) atoms. The molecule has 2 heterocycles. The number of nitro benzene ring substituents is 1.